The van der Waals surface area contributed by atoms with Gasteiger partial charge in [0, 0.05) is 31.6 Å². The highest BCUT2D eigenvalue weighted by molar-refractivity contribution is 5.79. The monoisotopic (exact) mass is 250 g/mol. The molecule has 0 aromatic heterocycles. The first-order valence-electron chi connectivity index (χ1n) is 7.76. The maximum atomic E-state index is 12.0. The van der Waals surface area contributed by atoms with E-state index in [1.54, 1.807) is 0 Å². The van der Waals surface area contributed by atoms with E-state index >= 15 is 0 Å². The van der Waals surface area contributed by atoms with Crippen LogP contribution in [0.2, 0.25) is 0 Å². The molecule has 3 aliphatic rings. The molecule has 1 spiro atoms. The molecule has 2 saturated heterocycles. The Morgan fingerprint density at radius 2 is 2.06 bits per heavy atom. The lowest BCUT2D eigenvalue weighted by Crippen LogP contribution is -2.46. The minimum Gasteiger partial charge on any atom is -0.337 e. The van der Waals surface area contributed by atoms with Crippen LogP contribution in [0.5, 0.6) is 0 Å². The van der Waals surface area contributed by atoms with Gasteiger partial charge in [0.05, 0.1) is 0 Å². The van der Waals surface area contributed by atoms with Gasteiger partial charge in [0.25, 0.3) is 0 Å². The number of amides is 1. The van der Waals surface area contributed by atoms with E-state index in [4.69, 9.17) is 0 Å². The van der Waals surface area contributed by atoms with Crippen LogP contribution in [0.25, 0.3) is 0 Å². The smallest absolute Gasteiger partial charge is 0.223 e. The predicted molar refractivity (Wildman–Crippen MR) is 72.4 cm³/mol. The molecular formula is C15H26N2O. The summed E-state index contributed by atoms with van der Waals surface area (Å²) in [6.45, 7) is 6.82. The maximum absolute atomic E-state index is 12.0. The van der Waals surface area contributed by atoms with Crippen LogP contribution in [-0.4, -0.2) is 47.4 Å². The highest BCUT2D eigenvalue weighted by Crippen LogP contribution is 2.39. The first-order chi connectivity index (χ1) is 8.73. The Balaban J connectivity index is 1.64. The molecule has 1 aliphatic carbocycles. The molecule has 3 heteroatoms. The van der Waals surface area contributed by atoms with Gasteiger partial charge in [0.15, 0.2) is 0 Å². The van der Waals surface area contributed by atoms with Gasteiger partial charge in [0.1, 0.15) is 0 Å². The molecule has 0 aromatic rings. The minimum atomic E-state index is 0.226. The Kier molecular flexibility index (Phi) is 3.35. The molecule has 2 aliphatic heterocycles. The van der Waals surface area contributed by atoms with Gasteiger partial charge in [-0.25, -0.2) is 0 Å². The summed E-state index contributed by atoms with van der Waals surface area (Å²) in [7, 11) is 0. The first-order valence-corrected chi connectivity index (χ1v) is 7.76. The lowest BCUT2D eigenvalue weighted by molar-refractivity contribution is -0.131. The Hall–Kier alpha value is -0.570. The molecule has 102 valence electrons. The highest BCUT2D eigenvalue weighted by Gasteiger charge is 2.44. The molecule has 1 atom stereocenters. The average Bonchev–Trinajstić information content (AvgIpc) is 3.13. The van der Waals surface area contributed by atoms with E-state index in [9.17, 15) is 4.79 Å². The molecule has 0 bridgehead atoms. The number of carbonyl (C=O) groups is 1. The average molecular weight is 250 g/mol. The van der Waals surface area contributed by atoms with Crippen LogP contribution in [0.4, 0.5) is 0 Å². The molecule has 18 heavy (non-hydrogen) atoms. The molecule has 3 nitrogen and oxygen atoms in total. The molecule has 3 fully saturated rings. The molecule has 0 radical (unpaired) electrons. The van der Waals surface area contributed by atoms with Gasteiger partial charge in [-0.1, -0.05) is 0 Å². The van der Waals surface area contributed by atoms with Crippen molar-refractivity contribution in [3.05, 3.63) is 0 Å². The first kappa shape index (κ1) is 12.5. The van der Waals surface area contributed by atoms with Gasteiger partial charge >= 0.3 is 0 Å². The second-order valence-corrected chi connectivity index (χ2v) is 6.46. The van der Waals surface area contributed by atoms with Crippen LogP contribution in [0, 0.1) is 5.92 Å². The molecule has 2 heterocycles. The van der Waals surface area contributed by atoms with Gasteiger partial charge in [-0.15, -0.1) is 0 Å². The van der Waals surface area contributed by atoms with E-state index < -0.39 is 0 Å². The van der Waals surface area contributed by atoms with Crippen molar-refractivity contribution in [3.8, 4) is 0 Å². The fourth-order valence-electron chi connectivity index (χ4n) is 3.99. The third kappa shape index (κ3) is 2.29. The lowest BCUT2D eigenvalue weighted by atomic mass is 9.88. The van der Waals surface area contributed by atoms with Crippen LogP contribution >= 0.6 is 0 Å². The summed E-state index contributed by atoms with van der Waals surface area (Å²) < 4.78 is 0. The van der Waals surface area contributed by atoms with E-state index in [-0.39, 0.29) is 5.54 Å². The molecule has 0 aromatic carbocycles. The predicted octanol–water partition coefficient (Wildman–Crippen LogP) is 2.26. The number of hydrogen-bond donors (Lipinski definition) is 0. The molecule has 0 N–H and O–H groups in total. The normalized spacial score (nSPS) is 34.3. The molecule has 0 unspecified atom stereocenters. The highest BCUT2D eigenvalue weighted by atomic mass is 16.2. The van der Waals surface area contributed by atoms with Crippen LogP contribution in [0.1, 0.15) is 51.9 Å². The van der Waals surface area contributed by atoms with E-state index in [2.05, 4.69) is 16.7 Å². The molecule has 3 rings (SSSR count). The minimum absolute atomic E-state index is 0.226. The molecular weight excluding hydrogens is 224 g/mol. The third-order valence-corrected chi connectivity index (χ3v) is 5.22. The number of carbonyl (C=O) groups excluding carboxylic acids is 1. The molecule has 1 amide bonds. The van der Waals surface area contributed by atoms with Gasteiger partial charge in [-0.3, -0.25) is 4.79 Å². The number of rotatable bonds is 3. The summed E-state index contributed by atoms with van der Waals surface area (Å²) in [5.74, 6) is 1.39. The number of nitrogens with zero attached hydrogens (tertiary/aromatic N) is 2. The van der Waals surface area contributed by atoms with E-state index in [0.29, 0.717) is 5.91 Å². The largest absolute Gasteiger partial charge is 0.337 e. The van der Waals surface area contributed by atoms with Crippen LogP contribution in [-0.2, 0) is 4.79 Å². The fourth-order valence-corrected chi connectivity index (χ4v) is 3.99. The summed E-state index contributed by atoms with van der Waals surface area (Å²) in [6.07, 6.45) is 8.50. The van der Waals surface area contributed by atoms with E-state index in [1.807, 2.05) is 0 Å². The Labute approximate surface area is 111 Å². The van der Waals surface area contributed by atoms with Crippen molar-refractivity contribution >= 4 is 5.91 Å². The van der Waals surface area contributed by atoms with Crippen LogP contribution < -0.4 is 0 Å². The van der Waals surface area contributed by atoms with Gasteiger partial charge in [0.2, 0.25) is 5.91 Å². The Morgan fingerprint density at radius 1 is 1.22 bits per heavy atom. The zero-order valence-electron chi connectivity index (χ0n) is 11.7. The van der Waals surface area contributed by atoms with Crippen molar-refractivity contribution in [2.75, 3.05) is 26.2 Å². The van der Waals surface area contributed by atoms with Crippen molar-refractivity contribution < 1.29 is 4.79 Å². The Bertz CT molecular complexity index is 326. The van der Waals surface area contributed by atoms with Gasteiger partial charge < -0.3 is 9.80 Å². The lowest BCUT2D eigenvalue weighted by Gasteiger charge is -2.37. The van der Waals surface area contributed by atoms with Crippen molar-refractivity contribution in [2.24, 2.45) is 5.92 Å². The second-order valence-electron chi connectivity index (χ2n) is 6.46. The zero-order valence-corrected chi connectivity index (χ0v) is 11.7. The van der Waals surface area contributed by atoms with Crippen LogP contribution in [0.3, 0.4) is 0 Å². The van der Waals surface area contributed by atoms with Crippen molar-refractivity contribution in [1.82, 2.24) is 9.80 Å². The van der Waals surface area contributed by atoms with Crippen molar-refractivity contribution in [1.29, 1.82) is 0 Å². The maximum Gasteiger partial charge on any atom is 0.223 e. The summed E-state index contributed by atoms with van der Waals surface area (Å²) >= 11 is 0. The fraction of sp³-hybridized carbons (Fsp3) is 0.933. The van der Waals surface area contributed by atoms with Crippen LogP contribution in [0.15, 0.2) is 0 Å². The van der Waals surface area contributed by atoms with Crippen molar-refractivity contribution in [2.45, 2.75) is 57.4 Å². The SMILES string of the molecule is CCN1C(=O)CC[C@@]12CCCN(CC1CC1)CC2. The quantitative estimate of drug-likeness (QED) is 0.767. The summed E-state index contributed by atoms with van der Waals surface area (Å²) in [4.78, 5) is 16.8. The molecule has 1 saturated carbocycles. The summed E-state index contributed by atoms with van der Waals surface area (Å²) in [5.41, 5.74) is 0.226. The van der Waals surface area contributed by atoms with E-state index in [1.165, 1.54) is 51.7 Å². The van der Waals surface area contributed by atoms with Gasteiger partial charge in [-0.2, -0.15) is 0 Å². The van der Waals surface area contributed by atoms with Crippen molar-refractivity contribution in [3.63, 3.8) is 0 Å². The number of likely N-dealkylation sites (tertiary alicyclic amines) is 2. The zero-order chi connectivity index (χ0) is 12.6. The number of hydrogen-bond acceptors (Lipinski definition) is 2. The summed E-state index contributed by atoms with van der Waals surface area (Å²) in [5, 5.41) is 0. The topological polar surface area (TPSA) is 23.6 Å². The second kappa shape index (κ2) is 4.84. The summed E-state index contributed by atoms with van der Waals surface area (Å²) in [6, 6.07) is 0. The van der Waals surface area contributed by atoms with Gasteiger partial charge in [-0.05, 0) is 57.9 Å². The third-order valence-electron chi connectivity index (χ3n) is 5.22. The standard InChI is InChI=1S/C15H26N2O/c1-2-17-14(18)6-8-15(17)7-3-10-16(11-9-15)12-13-4-5-13/h13H,2-12H2,1H3/t15-/m1/s1. The van der Waals surface area contributed by atoms with E-state index in [0.717, 1.165) is 25.3 Å². The Morgan fingerprint density at radius 3 is 2.78 bits per heavy atom.